The number of aromatic nitrogens is 3. The van der Waals surface area contributed by atoms with Crippen molar-refractivity contribution in [1.29, 1.82) is 0 Å². The van der Waals surface area contributed by atoms with Crippen LogP contribution in [0.5, 0.6) is 0 Å². The van der Waals surface area contributed by atoms with Crippen LogP contribution in [0.4, 0.5) is 0 Å². The van der Waals surface area contributed by atoms with Crippen molar-refractivity contribution < 1.29 is 0 Å². The van der Waals surface area contributed by atoms with Crippen LogP contribution < -0.4 is 5.69 Å². The summed E-state index contributed by atoms with van der Waals surface area (Å²) in [5, 5.41) is 4.00. The van der Waals surface area contributed by atoms with Crippen molar-refractivity contribution in [2.45, 2.75) is 13.5 Å². The van der Waals surface area contributed by atoms with Crippen molar-refractivity contribution in [3.8, 4) is 5.69 Å². The lowest BCUT2D eigenvalue weighted by Crippen LogP contribution is -2.23. The molecule has 0 fully saturated rings. The Labute approximate surface area is 95.3 Å². The Morgan fingerprint density at radius 1 is 1.40 bits per heavy atom. The van der Waals surface area contributed by atoms with Crippen LogP contribution in [0.1, 0.15) is 6.92 Å². The minimum Gasteiger partial charge on any atom is -0.248 e. The molecule has 4 nitrogen and oxygen atoms in total. The summed E-state index contributed by atoms with van der Waals surface area (Å²) in [6.07, 6.45) is 1.53. The SMILES string of the molecule is CCn1ncn(-c2ccccc2Br)c1=O. The zero-order valence-electron chi connectivity index (χ0n) is 8.22. The summed E-state index contributed by atoms with van der Waals surface area (Å²) >= 11 is 3.40. The topological polar surface area (TPSA) is 39.8 Å². The molecule has 78 valence electrons. The molecule has 0 saturated heterocycles. The van der Waals surface area contributed by atoms with E-state index < -0.39 is 0 Å². The van der Waals surface area contributed by atoms with E-state index in [0.29, 0.717) is 6.54 Å². The van der Waals surface area contributed by atoms with Gasteiger partial charge in [0.2, 0.25) is 0 Å². The van der Waals surface area contributed by atoms with E-state index in [1.807, 2.05) is 31.2 Å². The second-order valence-electron chi connectivity index (χ2n) is 3.05. The molecule has 15 heavy (non-hydrogen) atoms. The van der Waals surface area contributed by atoms with E-state index in [2.05, 4.69) is 21.0 Å². The van der Waals surface area contributed by atoms with Crippen LogP contribution in [0, 0.1) is 0 Å². The molecule has 0 saturated carbocycles. The van der Waals surface area contributed by atoms with Gasteiger partial charge in [-0.2, -0.15) is 5.10 Å². The fourth-order valence-electron chi connectivity index (χ4n) is 1.37. The van der Waals surface area contributed by atoms with Crippen LogP contribution in [0.25, 0.3) is 5.69 Å². The highest BCUT2D eigenvalue weighted by Crippen LogP contribution is 2.18. The van der Waals surface area contributed by atoms with E-state index in [4.69, 9.17) is 0 Å². The second-order valence-corrected chi connectivity index (χ2v) is 3.91. The highest BCUT2D eigenvalue weighted by atomic mass is 79.9. The molecule has 0 aliphatic rings. The van der Waals surface area contributed by atoms with Gasteiger partial charge in [0.15, 0.2) is 0 Å². The number of aryl methyl sites for hydroxylation is 1. The third kappa shape index (κ3) is 1.74. The molecule has 2 aromatic rings. The predicted molar refractivity (Wildman–Crippen MR) is 61.2 cm³/mol. The fourth-order valence-corrected chi connectivity index (χ4v) is 1.84. The standard InChI is InChI=1S/C10H10BrN3O/c1-2-14-10(15)13(7-12-14)9-6-4-3-5-8(9)11/h3-7H,2H2,1H3. The van der Waals surface area contributed by atoms with Gasteiger partial charge in [-0.15, -0.1) is 0 Å². The quantitative estimate of drug-likeness (QED) is 0.833. The molecule has 0 N–H and O–H groups in total. The molecule has 0 atom stereocenters. The Bertz CT molecular complexity index is 529. The molecule has 1 aromatic heterocycles. The summed E-state index contributed by atoms with van der Waals surface area (Å²) in [5.41, 5.74) is 0.687. The number of halogens is 1. The van der Waals surface area contributed by atoms with Crippen molar-refractivity contribution in [3.05, 3.63) is 45.5 Å². The number of benzene rings is 1. The number of para-hydroxylation sites is 1. The third-order valence-electron chi connectivity index (χ3n) is 2.14. The van der Waals surface area contributed by atoms with E-state index >= 15 is 0 Å². The van der Waals surface area contributed by atoms with Gasteiger partial charge in [-0.05, 0) is 35.0 Å². The normalized spacial score (nSPS) is 10.5. The summed E-state index contributed by atoms with van der Waals surface area (Å²) in [5.74, 6) is 0. The second kappa shape index (κ2) is 4.02. The highest BCUT2D eigenvalue weighted by Gasteiger charge is 2.07. The Morgan fingerprint density at radius 2 is 2.13 bits per heavy atom. The molecule has 0 amide bonds. The van der Waals surface area contributed by atoms with Gasteiger partial charge in [-0.1, -0.05) is 12.1 Å². The summed E-state index contributed by atoms with van der Waals surface area (Å²) in [4.78, 5) is 11.8. The predicted octanol–water partition coefficient (Wildman–Crippen LogP) is 1.82. The van der Waals surface area contributed by atoms with Gasteiger partial charge in [-0.3, -0.25) is 0 Å². The summed E-state index contributed by atoms with van der Waals surface area (Å²) in [6.45, 7) is 2.47. The van der Waals surface area contributed by atoms with Crippen molar-refractivity contribution in [1.82, 2.24) is 14.3 Å². The first kappa shape index (κ1) is 10.2. The van der Waals surface area contributed by atoms with Crippen molar-refractivity contribution in [2.24, 2.45) is 0 Å². The minimum atomic E-state index is -0.121. The lowest BCUT2D eigenvalue weighted by molar-refractivity contribution is 0.629. The van der Waals surface area contributed by atoms with E-state index in [9.17, 15) is 4.79 Å². The molecule has 0 radical (unpaired) electrons. The first-order chi connectivity index (χ1) is 7.24. The average Bonchev–Trinajstić information content (AvgIpc) is 2.60. The Morgan fingerprint density at radius 3 is 2.73 bits per heavy atom. The van der Waals surface area contributed by atoms with Crippen LogP contribution in [0.15, 0.2) is 39.9 Å². The molecular weight excluding hydrogens is 258 g/mol. The molecule has 1 aromatic carbocycles. The zero-order chi connectivity index (χ0) is 10.8. The maximum Gasteiger partial charge on any atom is 0.350 e. The van der Waals surface area contributed by atoms with Gasteiger partial charge in [0, 0.05) is 11.0 Å². The van der Waals surface area contributed by atoms with Crippen LogP contribution >= 0.6 is 15.9 Å². The van der Waals surface area contributed by atoms with Gasteiger partial charge in [0.05, 0.1) is 5.69 Å². The lowest BCUT2D eigenvalue weighted by Gasteiger charge is -2.02. The molecule has 0 bridgehead atoms. The van der Waals surface area contributed by atoms with Crippen LogP contribution in [0.3, 0.4) is 0 Å². The number of nitrogens with zero attached hydrogens (tertiary/aromatic N) is 3. The summed E-state index contributed by atoms with van der Waals surface area (Å²) in [6, 6.07) is 7.55. The van der Waals surface area contributed by atoms with E-state index in [1.54, 1.807) is 0 Å². The van der Waals surface area contributed by atoms with Crippen molar-refractivity contribution in [3.63, 3.8) is 0 Å². The number of hydrogen-bond donors (Lipinski definition) is 0. The third-order valence-corrected chi connectivity index (χ3v) is 2.82. The van der Waals surface area contributed by atoms with Crippen LogP contribution in [-0.4, -0.2) is 14.3 Å². The molecule has 0 aliphatic heterocycles. The maximum absolute atomic E-state index is 11.8. The molecule has 1 heterocycles. The summed E-state index contributed by atoms with van der Waals surface area (Å²) < 4.78 is 3.82. The Balaban J connectivity index is 2.60. The van der Waals surface area contributed by atoms with Crippen LogP contribution in [-0.2, 0) is 6.54 Å². The lowest BCUT2D eigenvalue weighted by atomic mass is 10.3. The van der Waals surface area contributed by atoms with Gasteiger partial charge in [0.25, 0.3) is 0 Å². The number of rotatable bonds is 2. The molecule has 0 unspecified atom stereocenters. The summed E-state index contributed by atoms with van der Waals surface area (Å²) in [7, 11) is 0. The van der Waals surface area contributed by atoms with Gasteiger partial charge in [0.1, 0.15) is 6.33 Å². The minimum absolute atomic E-state index is 0.121. The maximum atomic E-state index is 11.8. The molecule has 5 heteroatoms. The Kier molecular flexibility index (Phi) is 2.73. The molecule has 2 rings (SSSR count). The van der Waals surface area contributed by atoms with Gasteiger partial charge >= 0.3 is 5.69 Å². The smallest absolute Gasteiger partial charge is 0.248 e. The highest BCUT2D eigenvalue weighted by molar-refractivity contribution is 9.10. The molecule has 0 spiro atoms. The molecular formula is C10H10BrN3O. The van der Waals surface area contributed by atoms with E-state index in [1.165, 1.54) is 15.6 Å². The monoisotopic (exact) mass is 267 g/mol. The largest absolute Gasteiger partial charge is 0.350 e. The van der Waals surface area contributed by atoms with Crippen molar-refractivity contribution >= 4 is 15.9 Å². The molecule has 0 aliphatic carbocycles. The van der Waals surface area contributed by atoms with Crippen molar-refractivity contribution in [2.75, 3.05) is 0 Å². The number of hydrogen-bond acceptors (Lipinski definition) is 2. The first-order valence-corrected chi connectivity index (χ1v) is 5.42. The fraction of sp³-hybridized carbons (Fsp3) is 0.200. The van der Waals surface area contributed by atoms with Crippen LogP contribution in [0.2, 0.25) is 0 Å². The average molecular weight is 268 g/mol. The van der Waals surface area contributed by atoms with Gasteiger partial charge in [-0.25, -0.2) is 14.0 Å². The van der Waals surface area contributed by atoms with Gasteiger partial charge < -0.3 is 0 Å². The first-order valence-electron chi connectivity index (χ1n) is 4.63. The Hall–Kier alpha value is -1.36. The van der Waals surface area contributed by atoms with E-state index in [0.717, 1.165) is 10.2 Å². The van der Waals surface area contributed by atoms with E-state index in [-0.39, 0.29) is 5.69 Å². The zero-order valence-corrected chi connectivity index (χ0v) is 9.81.